The largest absolute Gasteiger partial charge is 0.481 e. The summed E-state index contributed by atoms with van der Waals surface area (Å²) in [6, 6.07) is 0. The molecule has 1 unspecified atom stereocenters. The van der Waals surface area contributed by atoms with Gasteiger partial charge in [-0.15, -0.1) is 0 Å². The van der Waals surface area contributed by atoms with Crippen LogP contribution in [0.3, 0.4) is 0 Å². The zero-order chi connectivity index (χ0) is 10.3. The molecule has 1 aromatic rings. The number of hydrogen-bond acceptors (Lipinski definition) is 2. The molecule has 0 spiro atoms. The molecule has 6 heteroatoms. The number of hydrogen-bond donors (Lipinski definition) is 1. The van der Waals surface area contributed by atoms with E-state index < -0.39 is 11.9 Å². The van der Waals surface area contributed by atoms with Crippen molar-refractivity contribution in [3.05, 3.63) is 15.6 Å². The summed E-state index contributed by atoms with van der Waals surface area (Å²) in [6.45, 7) is 0.777. The van der Waals surface area contributed by atoms with Gasteiger partial charge in [0.25, 0.3) is 0 Å². The molecule has 0 saturated carbocycles. The van der Waals surface area contributed by atoms with E-state index in [1.807, 2.05) is 4.57 Å². The first-order valence-electron chi connectivity index (χ1n) is 4.25. The molecule has 0 radical (unpaired) electrons. The average molecular weight is 280 g/mol. The van der Waals surface area contributed by atoms with Crippen molar-refractivity contribution in [3.8, 4) is 0 Å². The zero-order valence-corrected chi connectivity index (χ0v) is 9.55. The molecule has 0 amide bonds. The topological polar surface area (TPSA) is 55.1 Å². The molecule has 0 saturated heterocycles. The van der Waals surface area contributed by atoms with Gasteiger partial charge in [0.1, 0.15) is 5.92 Å². The zero-order valence-electron chi connectivity index (χ0n) is 7.20. The maximum absolute atomic E-state index is 11.0. The van der Waals surface area contributed by atoms with Gasteiger partial charge in [-0.25, -0.2) is 4.98 Å². The Kier molecular flexibility index (Phi) is 2.53. The number of aromatic nitrogens is 2. The Hall–Kier alpha value is -0.550. The fourth-order valence-corrected chi connectivity index (χ4v) is 2.75. The number of carboxylic acids is 1. The summed E-state index contributed by atoms with van der Waals surface area (Å²) in [5.74, 6) is -1.35. The molecule has 1 aromatic heterocycles. The standard InChI is InChI=1S/C8H8BrClN2O2/c9-8-11-6(10)5-4(7(13)14)2-1-3-12(5)8/h4H,1-3H2,(H,13,14). The molecule has 1 aliphatic rings. The number of aliphatic carboxylic acids is 1. The van der Waals surface area contributed by atoms with E-state index in [9.17, 15) is 4.79 Å². The average Bonchev–Trinajstić information content (AvgIpc) is 2.43. The molecular formula is C8H8BrClN2O2. The quantitative estimate of drug-likeness (QED) is 0.858. The maximum Gasteiger partial charge on any atom is 0.312 e. The first-order valence-corrected chi connectivity index (χ1v) is 5.42. The van der Waals surface area contributed by atoms with Gasteiger partial charge in [-0.1, -0.05) is 11.6 Å². The third kappa shape index (κ3) is 1.44. The maximum atomic E-state index is 11.0. The second-order valence-electron chi connectivity index (χ2n) is 3.24. The van der Waals surface area contributed by atoms with Gasteiger partial charge < -0.3 is 9.67 Å². The van der Waals surface area contributed by atoms with Gasteiger partial charge in [0.2, 0.25) is 0 Å². The third-order valence-corrected chi connectivity index (χ3v) is 3.30. The van der Waals surface area contributed by atoms with Crippen LogP contribution in [0.15, 0.2) is 4.73 Å². The van der Waals surface area contributed by atoms with Gasteiger partial charge in [0.15, 0.2) is 9.89 Å². The summed E-state index contributed by atoms with van der Waals surface area (Å²) in [5.41, 5.74) is 0.622. The van der Waals surface area contributed by atoms with Crippen molar-refractivity contribution >= 4 is 33.5 Å². The highest BCUT2D eigenvalue weighted by Crippen LogP contribution is 2.35. The molecule has 14 heavy (non-hydrogen) atoms. The smallest absolute Gasteiger partial charge is 0.312 e. The van der Waals surface area contributed by atoms with E-state index in [4.69, 9.17) is 16.7 Å². The van der Waals surface area contributed by atoms with Gasteiger partial charge in [-0.2, -0.15) is 0 Å². The van der Waals surface area contributed by atoms with E-state index in [0.29, 0.717) is 22.0 Å². The van der Waals surface area contributed by atoms with Crippen LogP contribution in [0.1, 0.15) is 24.5 Å². The molecule has 76 valence electrons. The van der Waals surface area contributed by atoms with E-state index in [1.54, 1.807) is 0 Å². The molecule has 1 atom stereocenters. The first-order chi connectivity index (χ1) is 6.61. The minimum Gasteiger partial charge on any atom is -0.481 e. The number of nitrogens with zero attached hydrogens (tertiary/aromatic N) is 2. The molecule has 0 bridgehead atoms. The SMILES string of the molecule is O=C(O)C1CCCn2c(Br)nc(Cl)c21. The van der Waals surface area contributed by atoms with Crippen LogP contribution in [0, 0.1) is 0 Å². The molecule has 2 rings (SSSR count). The van der Waals surface area contributed by atoms with Gasteiger partial charge >= 0.3 is 5.97 Å². The highest BCUT2D eigenvalue weighted by molar-refractivity contribution is 9.10. The minimum absolute atomic E-state index is 0.295. The number of rotatable bonds is 1. The van der Waals surface area contributed by atoms with Crippen molar-refractivity contribution in [2.75, 3.05) is 0 Å². The Labute approximate surface area is 94.0 Å². The van der Waals surface area contributed by atoms with Crippen LogP contribution < -0.4 is 0 Å². The lowest BCUT2D eigenvalue weighted by Crippen LogP contribution is -2.21. The van der Waals surface area contributed by atoms with E-state index in [1.165, 1.54) is 0 Å². The number of imidazole rings is 1. The summed E-state index contributed by atoms with van der Waals surface area (Å²) >= 11 is 9.13. The van der Waals surface area contributed by atoms with Crippen molar-refractivity contribution in [1.82, 2.24) is 9.55 Å². The summed E-state index contributed by atoms with van der Waals surface area (Å²) in [7, 11) is 0. The van der Waals surface area contributed by atoms with Crippen LogP contribution in [-0.2, 0) is 11.3 Å². The van der Waals surface area contributed by atoms with Crippen molar-refractivity contribution in [2.24, 2.45) is 0 Å². The fourth-order valence-electron chi connectivity index (χ4n) is 1.78. The predicted octanol–water partition coefficient (Wildman–Crippen LogP) is 2.26. The highest BCUT2D eigenvalue weighted by atomic mass is 79.9. The van der Waals surface area contributed by atoms with Crippen LogP contribution in [0.2, 0.25) is 5.15 Å². The first kappa shape index (κ1) is 9.98. The van der Waals surface area contributed by atoms with Crippen molar-refractivity contribution in [2.45, 2.75) is 25.3 Å². The Morgan fingerprint density at radius 2 is 2.43 bits per heavy atom. The number of carbonyl (C=O) groups is 1. The molecule has 1 aliphatic heterocycles. The highest BCUT2D eigenvalue weighted by Gasteiger charge is 2.31. The van der Waals surface area contributed by atoms with E-state index >= 15 is 0 Å². The number of fused-ring (bicyclic) bond motifs is 1. The number of carboxylic acid groups (broad SMARTS) is 1. The van der Waals surface area contributed by atoms with Crippen LogP contribution in [0.25, 0.3) is 0 Å². The molecule has 4 nitrogen and oxygen atoms in total. The molecular weight excluding hydrogens is 271 g/mol. The third-order valence-electron chi connectivity index (χ3n) is 2.42. The van der Waals surface area contributed by atoms with Crippen molar-refractivity contribution < 1.29 is 9.90 Å². The molecule has 0 aromatic carbocycles. The minimum atomic E-state index is -0.833. The van der Waals surface area contributed by atoms with Gasteiger partial charge in [0.05, 0.1) is 5.69 Å². The van der Waals surface area contributed by atoms with E-state index in [0.717, 1.165) is 13.0 Å². The lowest BCUT2D eigenvalue weighted by molar-refractivity contribution is -0.139. The van der Waals surface area contributed by atoms with E-state index in [2.05, 4.69) is 20.9 Å². The summed E-state index contributed by atoms with van der Waals surface area (Å²) in [5, 5.41) is 9.30. The second-order valence-corrected chi connectivity index (χ2v) is 4.31. The molecule has 0 fully saturated rings. The summed E-state index contributed by atoms with van der Waals surface area (Å²) in [4.78, 5) is 15.0. The Balaban J connectivity index is 2.53. The molecule has 0 aliphatic carbocycles. The van der Waals surface area contributed by atoms with Crippen LogP contribution in [0.5, 0.6) is 0 Å². The lowest BCUT2D eigenvalue weighted by atomic mass is 9.97. The predicted molar refractivity (Wildman–Crippen MR) is 54.5 cm³/mol. The van der Waals surface area contributed by atoms with E-state index in [-0.39, 0.29) is 0 Å². The Morgan fingerprint density at radius 1 is 1.71 bits per heavy atom. The van der Waals surface area contributed by atoms with Crippen molar-refractivity contribution in [3.63, 3.8) is 0 Å². The normalized spacial score (nSPS) is 20.6. The Bertz CT molecular complexity index is 391. The van der Waals surface area contributed by atoms with Gasteiger partial charge in [-0.05, 0) is 28.8 Å². The van der Waals surface area contributed by atoms with Crippen LogP contribution in [0.4, 0.5) is 0 Å². The fraction of sp³-hybridized carbons (Fsp3) is 0.500. The van der Waals surface area contributed by atoms with Crippen LogP contribution >= 0.6 is 27.5 Å². The van der Waals surface area contributed by atoms with Gasteiger partial charge in [-0.3, -0.25) is 4.79 Å². The Morgan fingerprint density at radius 3 is 3.07 bits per heavy atom. The van der Waals surface area contributed by atoms with Gasteiger partial charge in [0, 0.05) is 6.54 Å². The molecule has 2 heterocycles. The van der Waals surface area contributed by atoms with Crippen molar-refractivity contribution in [1.29, 1.82) is 0 Å². The summed E-state index contributed by atoms with van der Waals surface area (Å²) < 4.78 is 2.44. The van der Waals surface area contributed by atoms with Crippen LogP contribution in [-0.4, -0.2) is 20.6 Å². The second kappa shape index (κ2) is 3.55. The lowest BCUT2D eigenvalue weighted by Gasteiger charge is -2.21. The molecule has 1 N–H and O–H groups in total. The summed E-state index contributed by atoms with van der Waals surface area (Å²) in [6.07, 6.45) is 1.47. The monoisotopic (exact) mass is 278 g/mol. The number of halogens is 2.